The second-order valence-corrected chi connectivity index (χ2v) is 11.0. The third-order valence-corrected chi connectivity index (χ3v) is 8.39. The Balaban J connectivity index is 1.54. The van der Waals surface area contributed by atoms with Crippen molar-refractivity contribution in [2.75, 3.05) is 26.2 Å². The standard InChI is InChI=1S/C25H24BClN5O3S/c1-18-5-7-21(8-6-18)36(34,35)32-23(14-22-24(27)28-17-29-25(22)32)20-4-2-3-19(13-20)15-30-9-11-31(12-10-30)26-16-33/h2-8,13-14,16-17H,9-12,15H2,1H3. The van der Waals surface area contributed by atoms with Gasteiger partial charge in [-0.2, -0.15) is 0 Å². The summed E-state index contributed by atoms with van der Waals surface area (Å²) in [6.45, 7) is 5.88. The van der Waals surface area contributed by atoms with E-state index in [9.17, 15) is 13.2 Å². The van der Waals surface area contributed by atoms with E-state index < -0.39 is 10.0 Å². The van der Waals surface area contributed by atoms with Gasteiger partial charge in [0.2, 0.25) is 0 Å². The Morgan fingerprint density at radius 3 is 2.50 bits per heavy atom. The summed E-state index contributed by atoms with van der Waals surface area (Å²) in [5, 5.41) is 0.665. The lowest BCUT2D eigenvalue weighted by molar-refractivity contribution is 0.183. The molecule has 0 saturated carbocycles. The largest absolute Gasteiger partial charge is 0.338 e. The second-order valence-electron chi connectivity index (χ2n) is 8.81. The number of carbonyl (C=O) groups excluding carboxylic acids is 1. The highest BCUT2D eigenvalue weighted by molar-refractivity contribution is 7.90. The summed E-state index contributed by atoms with van der Waals surface area (Å²) >= 11 is 6.35. The molecule has 36 heavy (non-hydrogen) atoms. The molecule has 0 bridgehead atoms. The molecule has 8 nitrogen and oxygen atoms in total. The molecule has 4 aromatic rings. The van der Waals surface area contributed by atoms with Crippen molar-refractivity contribution in [3.8, 4) is 11.3 Å². The zero-order chi connectivity index (χ0) is 25.3. The first-order valence-corrected chi connectivity index (χ1v) is 13.4. The van der Waals surface area contributed by atoms with Crippen molar-refractivity contribution in [3.05, 3.63) is 77.2 Å². The fraction of sp³-hybridized carbons (Fsp3) is 0.240. The third kappa shape index (κ3) is 4.81. The van der Waals surface area contributed by atoms with Crippen LogP contribution in [0.5, 0.6) is 0 Å². The van der Waals surface area contributed by atoms with Gasteiger partial charge in [0.05, 0.1) is 22.2 Å². The molecule has 1 radical (unpaired) electrons. The molecule has 0 spiro atoms. The molecule has 1 aliphatic rings. The van der Waals surface area contributed by atoms with Crippen LogP contribution in [0.4, 0.5) is 0 Å². The number of carbonyl (C=O) groups is 1. The molecule has 0 atom stereocenters. The maximum Gasteiger partial charge on any atom is 0.293 e. The van der Waals surface area contributed by atoms with Gasteiger partial charge in [-0.3, -0.25) is 4.90 Å². The number of aryl methyl sites for hydroxylation is 1. The molecule has 3 heterocycles. The quantitative estimate of drug-likeness (QED) is 0.210. The van der Waals surface area contributed by atoms with Gasteiger partial charge < -0.3 is 9.61 Å². The van der Waals surface area contributed by atoms with Gasteiger partial charge in [-0.15, -0.1) is 0 Å². The Bertz CT molecular complexity index is 1520. The number of piperazine rings is 1. The third-order valence-electron chi connectivity index (χ3n) is 6.37. The van der Waals surface area contributed by atoms with Crippen LogP contribution >= 0.6 is 11.6 Å². The van der Waals surface area contributed by atoms with E-state index in [2.05, 4.69) is 14.9 Å². The molecular weight excluding hydrogens is 497 g/mol. The average Bonchev–Trinajstić information content (AvgIpc) is 3.28. The van der Waals surface area contributed by atoms with Crippen molar-refractivity contribution in [2.24, 2.45) is 0 Å². The van der Waals surface area contributed by atoms with Crippen LogP contribution in [0.3, 0.4) is 0 Å². The second kappa shape index (κ2) is 10.1. The van der Waals surface area contributed by atoms with Crippen LogP contribution in [0.2, 0.25) is 5.15 Å². The first-order chi connectivity index (χ1) is 17.4. The molecule has 0 aliphatic carbocycles. The van der Waals surface area contributed by atoms with Crippen molar-refractivity contribution in [1.29, 1.82) is 0 Å². The van der Waals surface area contributed by atoms with Crippen molar-refractivity contribution in [3.63, 3.8) is 0 Å². The number of rotatable bonds is 7. The number of nitrogens with zero attached hydrogens (tertiary/aromatic N) is 5. The molecule has 5 rings (SSSR count). The van der Waals surface area contributed by atoms with E-state index >= 15 is 0 Å². The van der Waals surface area contributed by atoms with Crippen LogP contribution in [0.1, 0.15) is 11.1 Å². The maximum atomic E-state index is 13.8. The van der Waals surface area contributed by atoms with E-state index in [4.69, 9.17) is 11.6 Å². The van der Waals surface area contributed by atoms with Gasteiger partial charge in [0.15, 0.2) is 5.65 Å². The van der Waals surface area contributed by atoms with Gasteiger partial charge >= 0.3 is 0 Å². The van der Waals surface area contributed by atoms with Crippen LogP contribution in [0.25, 0.3) is 22.3 Å². The van der Waals surface area contributed by atoms with E-state index in [0.29, 0.717) is 17.6 Å². The number of halogens is 1. The van der Waals surface area contributed by atoms with Crippen LogP contribution < -0.4 is 0 Å². The minimum atomic E-state index is -3.97. The van der Waals surface area contributed by atoms with Crippen molar-refractivity contribution in [2.45, 2.75) is 18.4 Å². The van der Waals surface area contributed by atoms with Crippen molar-refractivity contribution >= 4 is 46.3 Å². The summed E-state index contributed by atoms with van der Waals surface area (Å²) in [5.41, 5.74) is 3.47. The molecular formula is C25H24BClN5O3S. The summed E-state index contributed by atoms with van der Waals surface area (Å²) in [5.74, 6) is 0. The molecule has 2 aromatic heterocycles. The van der Waals surface area contributed by atoms with Crippen LogP contribution in [-0.2, 0) is 21.4 Å². The zero-order valence-electron chi connectivity index (χ0n) is 19.7. The van der Waals surface area contributed by atoms with E-state index in [-0.39, 0.29) is 15.7 Å². The molecule has 0 N–H and O–H groups in total. The Morgan fingerprint density at radius 2 is 1.78 bits per heavy atom. The number of hydrogen-bond donors (Lipinski definition) is 0. The SMILES string of the molecule is Cc1ccc(S(=O)(=O)n2c(-c3cccc(CN4CCN([B]C=O)CC4)c3)cc3c(Cl)ncnc32)cc1. The number of hydrogen-bond acceptors (Lipinski definition) is 7. The fourth-order valence-corrected chi connectivity index (χ4v) is 6.13. The summed E-state index contributed by atoms with van der Waals surface area (Å²) in [4.78, 5) is 23.6. The summed E-state index contributed by atoms with van der Waals surface area (Å²) < 4.78 is 28.9. The monoisotopic (exact) mass is 520 g/mol. The topological polar surface area (TPSA) is 88.4 Å². The van der Waals surface area contributed by atoms with Gasteiger partial charge in [0, 0.05) is 32.7 Å². The first kappa shape index (κ1) is 24.6. The van der Waals surface area contributed by atoms with Gasteiger partial charge in [-0.25, -0.2) is 22.4 Å². The highest BCUT2D eigenvalue weighted by Gasteiger charge is 2.26. The lowest BCUT2D eigenvalue weighted by atomic mass is 9.93. The van der Waals surface area contributed by atoms with E-state index in [1.54, 1.807) is 37.7 Å². The lowest BCUT2D eigenvalue weighted by Crippen LogP contribution is -2.47. The molecule has 183 valence electrons. The van der Waals surface area contributed by atoms with E-state index in [1.807, 2.05) is 36.0 Å². The first-order valence-electron chi connectivity index (χ1n) is 11.6. The average molecular weight is 521 g/mol. The predicted molar refractivity (Wildman–Crippen MR) is 141 cm³/mol. The summed E-state index contributed by atoms with van der Waals surface area (Å²) in [7, 11) is -2.38. The van der Waals surface area contributed by atoms with E-state index in [0.717, 1.165) is 49.1 Å². The Morgan fingerprint density at radius 1 is 1.03 bits per heavy atom. The van der Waals surface area contributed by atoms with Gasteiger partial charge in [-0.05, 0) is 42.3 Å². The molecule has 11 heteroatoms. The van der Waals surface area contributed by atoms with Gasteiger partial charge in [-0.1, -0.05) is 47.5 Å². The van der Waals surface area contributed by atoms with Gasteiger partial charge in [0.1, 0.15) is 11.5 Å². The molecule has 1 saturated heterocycles. The van der Waals surface area contributed by atoms with Crippen molar-refractivity contribution < 1.29 is 13.2 Å². The molecule has 0 unspecified atom stereocenters. The Hall–Kier alpha value is -3.05. The smallest absolute Gasteiger partial charge is 0.293 e. The normalized spacial score (nSPS) is 15.3. The Labute approximate surface area is 215 Å². The molecule has 2 aromatic carbocycles. The van der Waals surface area contributed by atoms with Crippen LogP contribution in [-0.4, -0.2) is 71.8 Å². The zero-order valence-corrected chi connectivity index (χ0v) is 21.3. The van der Waals surface area contributed by atoms with Crippen molar-refractivity contribution in [1.82, 2.24) is 23.7 Å². The molecule has 1 aliphatic heterocycles. The predicted octanol–water partition coefficient (Wildman–Crippen LogP) is 3.22. The number of benzene rings is 2. The van der Waals surface area contributed by atoms with Crippen LogP contribution in [0.15, 0.2) is 65.8 Å². The molecule has 1 fully saturated rings. The van der Waals surface area contributed by atoms with Crippen LogP contribution in [0, 0.1) is 6.92 Å². The highest BCUT2D eigenvalue weighted by Crippen LogP contribution is 2.34. The number of aromatic nitrogens is 3. The number of fused-ring (bicyclic) bond motifs is 1. The van der Waals surface area contributed by atoms with Gasteiger partial charge in [0.25, 0.3) is 17.4 Å². The van der Waals surface area contributed by atoms with E-state index in [1.165, 1.54) is 10.3 Å². The minimum Gasteiger partial charge on any atom is -0.338 e. The fourth-order valence-electron chi connectivity index (χ4n) is 4.46. The highest BCUT2D eigenvalue weighted by atomic mass is 35.5. The molecule has 0 amide bonds. The maximum absolute atomic E-state index is 13.8. The lowest BCUT2D eigenvalue weighted by Gasteiger charge is -2.33. The summed E-state index contributed by atoms with van der Waals surface area (Å²) in [6, 6.07) is 16.3. The Kier molecular flexibility index (Phi) is 6.94. The summed E-state index contributed by atoms with van der Waals surface area (Å²) in [6.07, 6.45) is 2.09. The minimum absolute atomic E-state index is 0.169.